The summed E-state index contributed by atoms with van der Waals surface area (Å²) in [6, 6.07) is 24.1. The monoisotopic (exact) mass is 490 g/mol. The summed E-state index contributed by atoms with van der Waals surface area (Å²) in [6.07, 6.45) is 1.09. The molecule has 3 rings (SSSR count). The Morgan fingerprint density at radius 1 is 0.750 bits per heavy atom. The van der Waals surface area contributed by atoms with E-state index >= 15 is 0 Å². The summed E-state index contributed by atoms with van der Waals surface area (Å²) in [5, 5.41) is 0.716. The number of hydrogen-bond donors (Lipinski definition) is 0. The Kier molecular flexibility index (Phi) is 8.32. The highest BCUT2D eigenvalue weighted by molar-refractivity contribution is 7.88. The van der Waals surface area contributed by atoms with E-state index in [0.29, 0.717) is 28.7 Å². The molecule has 0 heterocycles. The standard InChI is InChI=1S/C24H24Cl2N2O3S/c1-32(30,31)28(17-21-12-13-22(25)23(26)14-21)18-24(29)27(15-19-8-4-2-5-9-19)16-20-10-6-3-7-11-20/h2-14H,15-18H2,1H3. The van der Waals surface area contributed by atoms with Crippen molar-refractivity contribution >= 4 is 39.1 Å². The predicted molar refractivity (Wildman–Crippen MR) is 129 cm³/mol. The molecule has 3 aromatic rings. The van der Waals surface area contributed by atoms with Crippen LogP contribution in [0.15, 0.2) is 78.9 Å². The lowest BCUT2D eigenvalue weighted by Gasteiger charge is -2.27. The Hall–Kier alpha value is -2.38. The van der Waals surface area contributed by atoms with E-state index in [1.165, 1.54) is 0 Å². The molecule has 0 N–H and O–H groups in total. The normalized spacial score (nSPS) is 11.5. The van der Waals surface area contributed by atoms with Gasteiger partial charge in [0.2, 0.25) is 15.9 Å². The molecule has 0 spiro atoms. The molecule has 0 aliphatic carbocycles. The summed E-state index contributed by atoms with van der Waals surface area (Å²) < 4.78 is 26.1. The lowest BCUT2D eigenvalue weighted by atomic mass is 10.1. The third kappa shape index (κ3) is 7.07. The minimum Gasteiger partial charge on any atom is -0.333 e. The molecular weight excluding hydrogens is 467 g/mol. The summed E-state index contributed by atoms with van der Waals surface area (Å²) >= 11 is 12.0. The summed E-state index contributed by atoms with van der Waals surface area (Å²) in [7, 11) is -3.65. The van der Waals surface area contributed by atoms with Crippen molar-refractivity contribution in [3.05, 3.63) is 106 Å². The third-order valence-electron chi connectivity index (χ3n) is 4.91. The molecule has 0 unspecified atom stereocenters. The van der Waals surface area contributed by atoms with E-state index in [1.54, 1.807) is 23.1 Å². The maximum absolute atomic E-state index is 13.3. The highest BCUT2D eigenvalue weighted by Gasteiger charge is 2.24. The van der Waals surface area contributed by atoms with Gasteiger partial charge >= 0.3 is 0 Å². The van der Waals surface area contributed by atoms with E-state index < -0.39 is 10.0 Å². The zero-order valence-corrected chi connectivity index (χ0v) is 19.9. The summed E-state index contributed by atoms with van der Waals surface area (Å²) in [4.78, 5) is 15.0. The molecule has 0 saturated carbocycles. The van der Waals surface area contributed by atoms with Gasteiger partial charge in [0.25, 0.3) is 0 Å². The van der Waals surface area contributed by atoms with Gasteiger partial charge in [-0.15, -0.1) is 0 Å². The molecule has 8 heteroatoms. The lowest BCUT2D eigenvalue weighted by Crippen LogP contribution is -2.41. The number of sulfonamides is 1. The van der Waals surface area contributed by atoms with E-state index in [2.05, 4.69) is 0 Å². The Labute approximate surface area is 199 Å². The van der Waals surface area contributed by atoms with Gasteiger partial charge in [-0.05, 0) is 28.8 Å². The zero-order valence-electron chi connectivity index (χ0n) is 17.6. The van der Waals surface area contributed by atoms with Gasteiger partial charge in [0.1, 0.15) is 0 Å². The lowest BCUT2D eigenvalue weighted by molar-refractivity contribution is -0.132. The number of nitrogens with zero attached hydrogens (tertiary/aromatic N) is 2. The maximum Gasteiger partial charge on any atom is 0.238 e. The van der Waals surface area contributed by atoms with Crippen LogP contribution in [0.4, 0.5) is 0 Å². The average molecular weight is 491 g/mol. The van der Waals surface area contributed by atoms with Crippen LogP contribution in [-0.2, 0) is 34.5 Å². The molecule has 1 amide bonds. The van der Waals surface area contributed by atoms with Crippen LogP contribution in [0.25, 0.3) is 0 Å². The van der Waals surface area contributed by atoms with Gasteiger partial charge in [-0.1, -0.05) is 89.9 Å². The Balaban J connectivity index is 1.82. The van der Waals surface area contributed by atoms with Crippen molar-refractivity contribution in [2.24, 2.45) is 0 Å². The minimum absolute atomic E-state index is 0.0198. The molecule has 0 atom stereocenters. The zero-order chi connectivity index (χ0) is 23.1. The topological polar surface area (TPSA) is 57.7 Å². The molecule has 0 saturated heterocycles. The Morgan fingerprint density at radius 2 is 1.28 bits per heavy atom. The van der Waals surface area contributed by atoms with E-state index in [9.17, 15) is 13.2 Å². The van der Waals surface area contributed by atoms with Gasteiger partial charge < -0.3 is 4.90 Å². The van der Waals surface area contributed by atoms with E-state index in [1.807, 2.05) is 60.7 Å². The van der Waals surface area contributed by atoms with Crippen molar-refractivity contribution < 1.29 is 13.2 Å². The molecular formula is C24H24Cl2N2O3S. The smallest absolute Gasteiger partial charge is 0.238 e. The van der Waals surface area contributed by atoms with Crippen LogP contribution in [0, 0.1) is 0 Å². The van der Waals surface area contributed by atoms with Gasteiger partial charge in [-0.2, -0.15) is 4.31 Å². The van der Waals surface area contributed by atoms with Crippen LogP contribution < -0.4 is 0 Å². The van der Waals surface area contributed by atoms with Gasteiger partial charge in [0.05, 0.1) is 22.8 Å². The minimum atomic E-state index is -3.65. The van der Waals surface area contributed by atoms with Crippen molar-refractivity contribution in [2.45, 2.75) is 19.6 Å². The molecule has 0 aliphatic heterocycles. The van der Waals surface area contributed by atoms with Crippen LogP contribution >= 0.6 is 23.2 Å². The summed E-state index contributed by atoms with van der Waals surface area (Å²) in [6.45, 7) is 0.489. The SMILES string of the molecule is CS(=O)(=O)N(CC(=O)N(Cc1ccccc1)Cc1ccccc1)Cc1ccc(Cl)c(Cl)c1. The largest absolute Gasteiger partial charge is 0.333 e. The number of benzene rings is 3. The fraction of sp³-hybridized carbons (Fsp3) is 0.208. The van der Waals surface area contributed by atoms with Gasteiger partial charge in [-0.25, -0.2) is 8.42 Å². The van der Waals surface area contributed by atoms with Crippen LogP contribution in [0.3, 0.4) is 0 Å². The summed E-state index contributed by atoms with van der Waals surface area (Å²) in [5.41, 5.74) is 2.58. The van der Waals surface area contributed by atoms with Crippen molar-refractivity contribution in [2.75, 3.05) is 12.8 Å². The van der Waals surface area contributed by atoms with Crippen molar-refractivity contribution in [3.8, 4) is 0 Å². The van der Waals surface area contributed by atoms with Crippen molar-refractivity contribution in [3.63, 3.8) is 0 Å². The molecule has 3 aromatic carbocycles. The van der Waals surface area contributed by atoms with E-state index in [4.69, 9.17) is 23.2 Å². The first-order chi connectivity index (χ1) is 15.2. The number of rotatable bonds is 9. The van der Waals surface area contributed by atoms with Gasteiger partial charge in [0, 0.05) is 19.6 Å². The fourth-order valence-electron chi connectivity index (χ4n) is 3.22. The Morgan fingerprint density at radius 3 is 1.75 bits per heavy atom. The second kappa shape index (κ2) is 11.0. The summed E-state index contributed by atoms with van der Waals surface area (Å²) in [5.74, 6) is -0.289. The molecule has 5 nitrogen and oxygen atoms in total. The third-order valence-corrected chi connectivity index (χ3v) is 6.84. The van der Waals surface area contributed by atoms with Crippen LogP contribution in [0.1, 0.15) is 16.7 Å². The van der Waals surface area contributed by atoms with Crippen molar-refractivity contribution in [1.82, 2.24) is 9.21 Å². The van der Waals surface area contributed by atoms with Gasteiger partial charge in [-0.3, -0.25) is 4.79 Å². The molecule has 0 fully saturated rings. The molecule has 168 valence electrons. The van der Waals surface area contributed by atoms with Crippen LogP contribution in [-0.4, -0.2) is 36.3 Å². The fourth-order valence-corrected chi connectivity index (χ4v) is 4.27. The van der Waals surface area contributed by atoms with Crippen LogP contribution in [0.5, 0.6) is 0 Å². The molecule has 0 aromatic heterocycles. The molecule has 0 radical (unpaired) electrons. The maximum atomic E-state index is 13.3. The van der Waals surface area contributed by atoms with Crippen LogP contribution in [0.2, 0.25) is 10.0 Å². The first kappa shape index (κ1) is 24.3. The number of carbonyl (C=O) groups is 1. The van der Waals surface area contributed by atoms with E-state index in [-0.39, 0.29) is 19.0 Å². The number of halogens is 2. The second-order valence-corrected chi connectivity index (χ2v) is 10.3. The highest BCUT2D eigenvalue weighted by atomic mass is 35.5. The van der Waals surface area contributed by atoms with Gasteiger partial charge in [0.15, 0.2) is 0 Å². The molecule has 0 bridgehead atoms. The Bertz CT molecular complexity index is 1110. The molecule has 0 aliphatic rings. The highest BCUT2D eigenvalue weighted by Crippen LogP contribution is 2.24. The average Bonchev–Trinajstić information content (AvgIpc) is 2.76. The number of carbonyl (C=O) groups excluding carboxylic acids is 1. The molecule has 32 heavy (non-hydrogen) atoms. The second-order valence-electron chi connectivity index (χ2n) is 7.50. The number of hydrogen-bond acceptors (Lipinski definition) is 3. The number of amides is 1. The van der Waals surface area contributed by atoms with Crippen molar-refractivity contribution in [1.29, 1.82) is 0 Å². The first-order valence-corrected chi connectivity index (χ1v) is 12.6. The quantitative estimate of drug-likeness (QED) is 0.424. The van der Waals surface area contributed by atoms with E-state index in [0.717, 1.165) is 21.7 Å². The predicted octanol–water partition coefficient (Wildman–Crippen LogP) is 4.98. The first-order valence-electron chi connectivity index (χ1n) is 9.97.